The summed E-state index contributed by atoms with van der Waals surface area (Å²) in [5.41, 5.74) is 1.19. The average molecular weight is 316 g/mol. The summed E-state index contributed by atoms with van der Waals surface area (Å²) < 4.78 is 26.4. The number of fused-ring (bicyclic) bond motifs is 1. The van der Waals surface area contributed by atoms with Gasteiger partial charge in [0.05, 0.1) is 0 Å². The molecule has 0 spiro atoms. The number of para-hydroxylation sites is 1. The summed E-state index contributed by atoms with van der Waals surface area (Å²) in [4.78, 5) is 10.6. The van der Waals surface area contributed by atoms with Crippen molar-refractivity contribution in [3.05, 3.63) is 70.3 Å². The molecule has 112 valence electrons. The zero-order chi connectivity index (χ0) is 15.9. The van der Waals surface area contributed by atoms with Crippen LogP contribution in [0.4, 0.5) is 5.82 Å². The van der Waals surface area contributed by atoms with Crippen LogP contribution in [-0.4, -0.2) is 17.3 Å². The van der Waals surface area contributed by atoms with Gasteiger partial charge in [0.25, 0.3) is 0 Å². The van der Waals surface area contributed by atoms with Gasteiger partial charge < -0.3 is 10.1 Å². The van der Waals surface area contributed by atoms with Gasteiger partial charge in [0.15, 0.2) is 5.52 Å². The predicted molar refractivity (Wildman–Crippen MR) is 82.4 cm³/mol. The summed E-state index contributed by atoms with van der Waals surface area (Å²) in [6.45, 7) is 1.84. The topological polar surface area (TPSA) is 82.2 Å². The van der Waals surface area contributed by atoms with Crippen LogP contribution in [0.25, 0.3) is 10.9 Å². The van der Waals surface area contributed by atoms with Crippen LogP contribution >= 0.6 is 0 Å². The molecule has 0 aliphatic rings. The summed E-state index contributed by atoms with van der Waals surface area (Å²) in [5, 5.41) is 11.7. The molecule has 2 aromatic carbocycles. The Labute approximate surface area is 126 Å². The first kappa shape index (κ1) is 14.3. The molecule has 1 aromatic heterocycles. The molecule has 0 bridgehead atoms. The molecule has 3 aromatic rings. The van der Waals surface area contributed by atoms with Gasteiger partial charge in [-0.3, -0.25) is 0 Å². The Hall–Kier alpha value is -2.67. The number of hydrogen-bond donors (Lipinski definition) is 0. The molecule has 0 N–H and O–H groups in total. The highest BCUT2D eigenvalue weighted by Crippen LogP contribution is 2.30. The lowest BCUT2D eigenvalue weighted by Crippen LogP contribution is -2.15. The van der Waals surface area contributed by atoms with Crippen LogP contribution in [0.15, 0.2) is 59.5 Å². The van der Waals surface area contributed by atoms with E-state index in [1.807, 2.05) is 6.92 Å². The fraction of sp³-hybridized carbons (Fsp3) is 0.0667. The minimum Gasteiger partial charge on any atom is -0.358 e. The van der Waals surface area contributed by atoms with Gasteiger partial charge in [-0.2, -0.15) is 8.42 Å². The largest absolute Gasteiger partial charge is 0.358 e. The van der Waals surface area contributed by atoms with E-state index in [1.54, 1.807) is 36.4 Å². The Kier molecular flexibility index (Phi) is 3.22. The highest BCUT2D eigenvalue weighted by molar-refractivity contribution is 7.90. The van der Waals surface area contributed by atoms with Crippen LogP contribution in [-0.2, 0) is 10.0 Å². The van der Waals surface area contributed by atoms with Crippen LogP contribution < -0.4 is 0 Å². The number of aromatic nitrogens is 1. The van der Waals surface area contributed by atoms with Crippen LogP contribution in [0.3, 0.4) is 0 Å². The second kappa shape index (κ2) is 4.96. The third kappa shape index (κ3) is 2.15. The Balaban J connectivity index is 2.35. The molecule has 0 unspecified atom stereocenters. The van der Waals surface area contributed by atoms with Crippen LogP contribution in [0.2, 0.25) is 0 Å². The van der Waals surface area contributed by atoms with E-state index in [1.165, 1.54) is 18.2 Å². The highest BCUT2D eigenvalue weighted by Gasteiger charge is 2.31. The summed E-state index contributed by atoms with van der Waals surface area (Å²) in [6, 6.07) is 14.0. The predicted octanol–water partition coefficient (Wildman–Crippen LogP) is 3.09. The van der Waals surface area contributed by atoms with E-state index in [4.69, 9.17) is 0 Å². The Morgan fingerprint density at radius 1 is 1.05 bits per heavy atom. The summed E-state index contributed by atoms with van der Waals surface area (Å²) in [6.07, 6.45) is 0. The maximum Gasteiger partial charge on any atom is 0.339 e. The molecule has 0 radical (unpaired) electrons. The first-order chi connectivity index (χ1) is 10.4. The Morgan fingerprint density at radius 3 is 2.32 bits per heavy atom. The Morgan fingerprint density at radius 2 is 1.68 bits per heavy atom. The minimum absolute atomic E-state index is 0.0163. The van der Waals surface area contributed by atoms with Crippen molar-refractivity contribution in [1.29, 1.82) is 0 Å². The zero-order valence-electron chi connectivity index (χ0n) is 11.6. The first-order valence-electron chi connectivity index (χ1n) is 6.48. The van der Waals surface area contributed by atoms with Gasteiger partial charge in [0, 0.05) is 11.5 Å². The lowest BCUT2D eigenvalue weighted by atomic mass is 10.2. The molecule has 7 heteroatoms. The van der Waals surface area contributed by atoms with Crippen molar-refractivity contribution in [2.45, 2.75) is 11.8 Å². The van der Waals surface area contributed by atoms with E-state index in [-0.39, 0.29) is 10.4 Å². The van der Waals surface area contributed by atoms with E-state index < -0.39 is 20.8 Å². The van der Waals surface area contributed by atoms with Gasteiger partial charge in [-0.05, 0) is 30.0 Å². The fourth-order valence-electron chi connectivity index (χ4n) is 2.31. The SMILES string of the molecule is Cc1ccc(S(=O)(=O)n2c([N+](=O)[O-])cc3ccccc32)cc1. The third-order valence-corrected chi connectivity index (χ3v) is 5.13. The maximum absolute atomic E-state index is 12.8. The highest BCUT2D eigenvalue weighted by atomic mass is 32.2. The van der Waals surface area contributed by atoms with E-state index in [2.05, 4.69) is 0 Å². The second-order valence-electron chi connectivity index (χ2n) is 4.90. The lowest BCUT2D eigenvalue weighted by Gasteiger charge is -2.05. The molecule has 22 heavy (non-hydrogen) atoms. The van der Waals surface area contributed by atoms with Gasteiger partial charge >= 0.3 is 15.8 Å². The van der Waals surface area contributed by atoms with E-state index in [0.29, 0.717) is 5.39 Å². The number of aryl methyl sites for hydroxylation is 1. The van der Waals surface area contributed by atoms with E-state index >= 15 is 0 Å². The standard InChI is InChI=1S/C15H12N2O4S/c1-11-6-8-13(9-7-11)22(20,21)16-14-5-3-2-4-12(14)10-15(16)17(18)19/h2-10H,1H3. The quantitative estimate of drug-likeness (QED) is 0.549. The van der Waals surface area contributed by atoms with Crippen molar-refractivity contribution in [3.63, 3.8) is 0 Å². The van der Waals surface area contributed by atoms with Crippen molar-refractivity contribution in [2.75, 3.05) is 0 Å². The van der Waals surface area contributed by atoms with E-state index in [9.17, 15) is 18.5 Å². The monoisotopic (exact) mass is 316 g/mol. The smallest absolute Gasteiger partial charge is 0.339 e. The number of hydrogen-bond acceptors (Lipinski definition) is 4. The van der Waals surface area contributed by atoms with Crippen molar-refractivity contribution < 1.29 is 13.3 Å². The molecule has 0 saturated heterocycles. The van der Waals surface area contributed by atoms with Crippen molar-refractivity contribution in [3.8, 4) is 0 Å². The van der Waals surface area contributed by atoms with Crippen molar-refractivity contribution in [1.82, 2.24) is 3.97 Å². The molecule has 0 fully saturated rings. The fourth-order valence-corrected chi connectivity index (χ4v) is 3.79. The van der Waals surface area contributed by atoms with Gasteiger partial charge in [-0.1, -0.05) is 35.9 Å². The van der Waals surface area contributed by atoms with Crippen LogP contribution in [0.5, 0.6) is 0 Å². The number of nitrogens with zero attached hydrogens (tertiary/aromatic N) is 2. The molecule has 6 nitrogen and oxygen atoms in total. The van der Waals surface area contributed by atoms with Gasteiger partial charge in [0.2, 0.25) is 0 Å². The molecule has 3 rings (SSSR count). The number of rotatable bonds is 3. The Bertz CT molecular complexity index is 972. The normalized spacial score (nSPS) is 11.7. The molecule has 1 heterocycles. The summed E-state index contributed by atoms with van der Waals surface area (Å²) in [5.74, 6) is -0.471. The van der Waals surface area contributed by atoms with Crippen molar-refractivity contribution in [2.24, 2.45) is 0 Å². The lowest BCUT2D eigenvalue weighted by molar-refractivity contribution is -0.389. The summed E-state index contributed by atoms with van der Waals surface area (Å²) in [7, 11) is -4.04. The minimum atomic E-state index is -4.04. The molecule has 0 amide bonds. The third-order valence-electron chi connectivity index (χ3n) is 3.39. The molecule has 0 atom stereocenters. The first-order valence-corrected chi connectivity index (χ1v) is 7.92. The second-order valence-corrected chi connectivity index (χ2v) is 6.69. The molecular weight excluding hydrogens is 304 g/mol. The van der Waals surface area contributed by atoms with Gasteiger partial charge in [-0.15, -0.1) is 3.97 Å². The van der Waals surface area contributed by atoms with Gasteiger partial charge in [0.1, 0.15) is 4.90 Å². The maximum atomic E-state index is 12.8. The number of benzene rings is 2. The van der Waals surface area contributed by atoms with Crippen molar-refractivity contribution >= 4 is 26.7 Å². The molecule has 0 aliphatic carbocycles. The number of nitro groups is 1. The van der Waals surface area contributed by atoms with Crippen LogP contribution in [0, 0.1) is 17.0 Å². The average Bonchev–Trinajstić information content (AvgIpc) is 2.88. The van der Waals surface area contributed by atoms with E-state index in [0.717, 1.165) is 9.54 Å². The molecule has 0 saturated carbocycles. The summed E-state index contributed by atoms with van der Waals surface area (Å²) >= 11 is 0. The molecular formula is C15H12N2O4S. The van der Waals surface area contributed by atoms with Crippen LogP contribution in [0.1, 0.15) is 5.56 Å². The molecule has 0 aliphatic heterocycles. The van der Waals surface area contributed by atoms with Gasteiger partial charge in [-0.25, -0.2) is 0 Å². The zero-order valence-corrected chi connectivity index (χ0v) is 12.4.